The van der Waals surface area contributed by atoms with Gasteiger partial charge in [0.15, 0.2) is 17.6 Å². The molecule has 2 aromatic rings. The number of anilines is 1. The first-order chi connectivity index (χ1) is 12.5. The predicted octanol–water partition coefficient (Wildman–Crippen LogP) is 2.66. The Balaban J connectivity index is 1.64. The van der Waals surface area contributed by atoms with E-state index in [-0.39, 0.29) is 11.3 Å². The second-order valence-electron chi connectivity index (χ2n) is 5.87. The highest BCUT2D eigenvalue weighted by Gasteiger charge is 2.22. The van der Waals surface area contributed by atoms with Gasteiger partial charge in [0, 0.05) is 11.8 Å². The van der Waals surface area contributed by atoms with Crippen LogP contribution in [0.1, 0.15) is 22.8 Å². The van der Waals surface area contributed by atoms with E-state index in [1.807, 2.05) is 0 Å². The Bertz CT molecular complexity index is 848. The first kappa shape index (κ1) is 17.6. The molecule has 2 aromatic carbocycles. The fourth-order valence-electron chi connectivity index (χ4n) is 2.47. The van der Waals surface area contributed by atoms with Crippen LogP contribution in [-0.4, -0.2) is 36.3 Å². The van der Waals surface area contributed by atoms with Crippen molar-refractivity contribution in [2.24, 2.45) is 0 Å². The molecule has 1 amide bonds. The number of hydrogen-bond donors (Lipinski definition) is 2. The fourth-order valence-corrected chi connectivity index (χ4v) is 2.47. The molecular weight excluding hydrogens is 338 g/mol. The van der Waals surface area contributed by atoms with Crippen LogP contribution in [-0.2, 0) is 9.53 Å². The molecule has 0 fully saturated rings. The Morgan fingerprint density at radius 1 is 1.15 bits per heavy atom. The Morgan fingerprint density at radius 2 is 1.88 bits per heavy atom. The molecule has 0 radical (unpaired) electrons. The van der Waals surface area contributed by atoms with Gasteiger partial charge in [-0.15, -0.1) is 0 Å². The molecule has 0 aromatic heterocycles. The SMILES string of the molecule is Cc1cccc(C(=O)O[C@@H](C)C(=O)Nc2ccc3c(c2)OCCO3)c1O. The molecule has 26 heavy (non-hydrogen) atoms. The van der Waals surface area contributed by atoms with Crippen LogP contribution < -0.4 is 14.8 Å². The van der Waals surface area contributed by atoms with Crippen LogP contribution >= 0.6 is 0 Å². The van der Waals surface area contributed by atoms with E-state index in [2.05, 4.69) is 5.32 Å². The number of aryl methyl sites for hydroxylation is 1. The Kier molecular flexibility index (Phi) is 4.97. The van der Waals surface area contributed by atoms with Gasteiger partial charge in [0.2, 0.25) is 0 Å². The fraction of sp³-hybridized carbons (Fsp3) is 0.263. The summed E-state index contributed by atoms with van der Waals surface area (Å²) < 4.78 is 16.0. The molecule has 0 spiro atoms. The van der Waals surface area contributed by atoms with E-state index in [1.165, 1.54) is 13.0 Å². The maximum absolute atomic E-state index is 12.3. The largest absolute Gasteiger partial charge is 0.507 e. The summed E-state index contributed by atoms with van der Waals surface area (Å²) in [5.74, 6) is -0.262. The maximum Gasteiger partial charge on any atom is 0.342 e. The van der Waals surface area contributed by atoms with Crippen molar-refractivity contribution in [2.45, 2.75) is 20.0 Å². The summed E-state index contributed by atoms with van der Waals surface area (Å²) in [4.78, 5) is 24.5. The number of esters is 1. The number of ether oxygens (including phenoxy) is 3. The molecule has 1 heterocycles. The number of hydrogen-bond acceptors (Lipinski definition) is 6. The van der Waals surface area contributed by atoms with E-state index in [0.717, 1.165) is 0 Å². The number of benzene rings is 2. The molecule has 0 aliphatic carbocycles. The molecule has 0 saturated carbocycles. The number of phenols is 1. The van der Waals surface area contributed by atoms with Crippen molar-refractivity contribution >= 4 is 17.6 Å². The smallest absolute Gasteiger partial charge is 0.342 e. The first-order valence-corrected chi connectivity index (χ1v) is 8.16. The monoisotopic (exact) mass is 357 g/mol. The lowest BCUT2D eigenvalue weighted by Gasteiger charge is -2.19. The molecule has 2 N–H and O–H groups in total. The van der Waals surface area contributed by atoms with Crippen LogP contribution in [0, 0.1) is 6.92 Å². The third-order valence-electron chi connectivity index (χ3n) is 3.92. The summed E-state index contributed by atoms with van der Waals surface area (Å²) in [7, 11) is 0. The number of fused-ring (bicyclic) bond motifs is 1. The van der Waals surface area contributed by atoms with Gasteiger partial charge < -0.3 is 24.6 Å². The maximum atomic E-state index is 12.3. The zero-order chi connectivity index (χ0) is 18.7. The number of para-hydroxylation sites is 1. The molecule has 3 rings (SSSR count). The van der Waals surface area contributed by atoms with Crippen molar-refractivity contribution < 1.29 is 28.9 Å². The van der Waals surface area contributed by atoms with E-state index in [4.69, 9.17) is 14.2 Å². The van der Waals surface area contributed by atoms with Gasteiger partial charge >= 0.3 is 5.97 Å². The van der Waals surface area contributed by atoms with Gasteiger partial charge in [-0.2, -0.15) is 0 Å². The van der Waals surface area contributed by atoms with Gasteiger partial charge in [-0.1, -0.05) is 12.1 Å². The van der Waals surface area contributed by atoms with Gasteiger partial charge in [0.25, 0.3) is 5.91 Å². The molecule has 1 aliphatic heterocycles. The normalized spacial score (nSPS) is 13.6. The number of amides is 1. The lowest BCUT2D eigenvalue weighted by atomic mass is 10.1. The molecule has 7 heteroatoms. The summed E-state index contributed by atoms with van der Waals surface area (Å²) in [6, 6.07) is 9.76. The first-order valence-electron chi connectivity index (χ1n) is 8.16. The molecule has 1 atom stereocenters. The average Bonchev–Trinajstić information content (AvgIpc) is 2.63. The summed E-state index contributed by atoms with van der Waals surface area (Å²) >= 11 is 0. The Labute approximate surface area is 150 Å². The van der Waals surface area contributed by atoms with Crippen molar-refractivity contribution in [3.63, 3.8) is 0 Å². The third kappa shape index (κ3) is 3.72. The van der Waals surface area contributed by atoms with Gasteiger partial charge in [-0.05, 0) is 37.6 Å². The van der Waals surface area contributed by atoms with E-state index in [9.17, 15) is 14.7 Å². The molecule has 0 saturated heterocycles. The van der Waals surface area contributed by atoms with Gasteiger partial charge in [-0.3, -0.25) is 4.79 Å². The van der Waals surface area contributed by atoms with Crippen molar-refractivity contribution in [1.82, 2.24) is 0 Å². The van der Waals surface area contributed by atoms with Crippen LogP contribution in [0.25, 0.3) is 0 Å². The highest BCUT2D eigenvalue weighted by molar-refractivity contribution is 5.98. The van der Waals surface area contributed by atoms with E-state index >= 15 is 0 Å². The number of carbonyl (C=O) groups excluding carboxylic acids is 2. The highest BCUT2D eigenvalue weighted by Crippen LogP contribution is 2.32. The van der Waals surface area contributed by atoms with E-state index < -0.39 is 18.0 Å². The number of phenolic OH excluding ortho intramolecular Hbond substituents is 1. The number of nitrogens with one attached hydrogen (secondary N) is 1. The minimum atomic E-state index is -1.05. The van der Waals surface area contributed by atoms with Gasteiger partial charge in [0.1, 0.15) is 24.5 Å². The average molecular weight is 357 g/mol. The van der Waals surface area contributed by atoms with Crippen molar-refractivity contribution in [3.05, 3.63) is 47.5 Å². The van der Waals surface area contributed by atoms with Crippen LogP contribution in [0.2, 0.25) is 0 Å². The van der Waals surface area contributed by atoms with Gasteiger partial charge in [0.05, 0.1) is 0 Å². The van der Waals surface area contributed by atoms with Crippen molar-refractivity contribution in [2.75, 3.05) is 18.5 Å². The molecule has 7 nitrogen and oxygen atoms in total. The summed E-state index contributed by atoms with van der Waals surface area (Å²) in [6.45, 7) is 4.05. The standard InChI is InChI=1S/C19H19NO6/c1-11-4-3-5-14(17(11)21)19(23)26-12(2)18(22)20-13-6-7-15-16(10-13)25-9-8-24-15/h3-7,10,12,21H,8-9H2,1-2H3,(H,20,22)/t12-/m0/s1. The molecule has 0 unspecified atom stereocenters. The minimum absolute atomic E-state index is 0.0176. The van der Waals surface area contributed by atoms with Crippen LogP contribution in [0.3, 0.4) is 0 Å². The lowest BCUT2D eigenvalue weighted by molar-refractivity contribution is -0.123. The topological polar surface area (TPSA) is 94.1 Å². The van der Waals surface area contributed by atoms with Crippen LogP contribution in [0.4, 0.5) is 5.69 Å². The Hall–Kier alpha value is -3.22. The lowest BCUT2D eigenvalue weighted by Crippen LogP contribution is -2.30. The number of carbonyl (C=O) groups is 2. The second kappa shape index (κ2) is 7.35. The van der Waals surface area contributed by atoms with Crippen molar-refractivity contribution in [3.8, 4) is 17.2 Å². The number of aromatic hydroxyl groups is 1. The zero-order valence-corrected chi connectivity index (χ0v) is 14.4. The summed E-state index contributed by atoms with van der Waals surface area (Å²) in [5.41, 5.74) is 1.07. The summed E-state index contributed by atoms with van der Waals surface area (Å²) in [6.07, 6.45) is -1.05. The predicted molar refractivity (Wildman–Crippen MR) is 93.8 cm³/mol. The Morgan fingerprint density at radius 3 is 2.65 bits per heavy atom. The van der Waals surface area contributed by atoms with E-state index in [1.54, 1.807) is 37.3 Å². The molecule has 136 valence electrons. The highest BCUT2D eigenvalue weighted by atomic mass is 16.6. The minimum Gasteiger partial charge on any atom is -0.507 e. The third-order valence-corrected chi connectivity index (χ3v) is 3.92. The van der Waals surface area contributed by atoms with Crippen LogP contribution in [0.15, 0.2) is 36.4 Å². The number of rotatable bonds is 4. The molecule has 1 aliphatic rings. The quantitative estimate of drug-likeness (QED) is 0.817. The molecule has 0 bridgehead atoms. The van der Waals surface area contributed by atoms with Crippen molar-refractivity contribution in [1.29, 1.82) is 0 Å². The van der Waals surface area contributed by atoms with E-state index in [0.29, 0.717) is 36.0 Å². The summed E-state index contributed by atoms with van der Waals surface area (Å²) in [5, 5.41) is 12.6. The van der Waals surface area contributed by atoms with Gasteiger partial charge in [-0.25, -0.2) is 4.79 Å². The zero-order valence-electron chi connectivity index (χ0n) is 14.4. The molecular formula is C19H19NO6. The second-order valence-corrected chi connectivity index (χ2v) is 5.87. The van der Waals surface area contributed by atoms with Crippen LogP contribution in [0.5, 0.6) is 17.2 Å².